The van der Waals surface area contributed by atoms with Crippen LogP contribution in [0.5, 0.6) is 0 Å². The molecular weight excluding hydrogens is 455 g/mol. The fourth-order valence-corrected chi connectivity index (χ4v) is 5.17. The van der Waals surface area contributed by atoms with Crippen molar-refractivity contribution in [1.82, 2.24) is 19.7 Å². The Hall–Kier alpha value is -3.24. The minimum absolute atomic E-state index is 0.0265. The zero-order valence-electron chi connectivity index (χ0n) is 18.6. The summed E-state index contributed by atoms with van der Waals surface area (Å²) in [4.78, 5) is 29.0. The van der Waals surface area contributed by atoms with Gasteiger partial charge in [-0.1, -0.05) is 30.3 Å². The van der Waals surface area contributed by atoms with Crippen molar-refractivity contribution in [2.75, 3.05) is 35.6 Å². The Morgan fingerprint density at radius 3 is 2.59 bits per heavy atom. The van der Waals surface area contributed by atoms with Crippen molar-refractivity contribution < 1.29 is 14.0 Å². The molecule has 0 unspecified atom stereocenters. The van der Waals surface area contributed by atoms with Crippen molar-refractivity contribution in [3.8, 4) is 5.69 Å². The SMILES string of the molecule is O=C1CN(C(=O)CSc2nnc(CN3CCCCC3)n2-c2ccc(F)cc2)c2ccccc2N1. The Labute approximate surface area is 201 Å². The second-order valence-corrected chi connectivity index (χ2v) is 9.32. The molecule has 3 heterocycles. The van der Waals surface area contributed by atoms with Crippen molar-refractivity contribution >= 4 is 35.0 Å². The van der Waals surface area contributed by atoms with E-state index in [2.05, 4.69) is 20.4 Å². The van der Waals surface area contributed by atoms with Gasteiger partial charge in [-0.05, 0) is 62.3 Å². The van der Waals surface area contributed by atoms with E-state index in [0.717, 1.165) is 37.4 Å². The molecule has 0 radical (unpaired) electrons. The third-order valence-electron chi connectivity index (χ3n) is 6.00. The lowest BCUT2D eigenvalue weighted by Gasteiger charge is -2.29. The molecular formula is C24H25FN6O2S. The number of likely N-dealkylation sites (tertiary alicyclic amines) is 1. The molecule has 1 N–H and O–H groups in total. The highest BCUT2D eigenvalue weighted by molar-refractivity contribution is 7.99. The van der Waals surface area contributed by atoms with E-state index in [-0.39, 0.29) is 29.9 Å². The molecule has 0 spiro atoms. The van der Waals surface area contributed by atoms with Gasteiger partial charge in [0.05, 0.1) is 23.7 Å². The van der Waals surface area contributed by atoms with Gasteiger partial charge in [-0.15, -0.1) is 10.2 Å². The maximum Gasteiger partial charge on any atom is 0.244 e. The van der Waals surface area contributed by atoms with E-state index < -0.39 is 0 Å². The molecule has 8 nitrogen and oxygen atoms in total. The van der Waals surface area contributed by atoms with Gasteiger partial charge in [0.15, 0.2) is 11.0 Å². The van der Waals surface area contributed by atoms with Crippen LogP contribution in [0, 0.1) is 5.82 Å². The fourth-order valence-electron chi connectivity index (χ4n) is 4.32. The molecule has 10 heteroatoms. The number of amides is 2. The molecule has 3 aromatic rings. The highest BCUT2D eigenvalue weighted by atomic mass is 32.2. The summed E-state index contributed by atoms with van der Waals surface area (Å²) in [5.74, 6) is 0.103. The van der Waals surface area contributed by atoms with Gasteiger partial charge in [0.1, 0.15) is 12.4 Å². The third-order valence-corrected chi connectivity index (χ3v) is 6.91. The summed E-state index contributed by atoms with van der Waals surface area (Å²) in [5, 5.41) is 12.1. The summed E-state index contributed by atoms with van der Waals surface area (Å²) in [6.45, 7) is 2.63. The predicted octanol–water partition coefficient (Wildman–Crippen LogP) is 3.47. The van der Waals surface area contributed by atoms with Crippen molar-refractivity contribution in [3.05, 3.63) is 60.2 Å². The molecule has 1 fully saturated rings. The molecule has 0 saturated carbocycles. The average Bonchev–Trinajstić information content (AvgIpc) is 3.25. The number of hydrogen-bond acceptors (Lipinski definition) is 6. The Kier molecular flexibility index (Phi) is 6.59. The highest BCUT2D eigenvalue weighted by Gasteiger charge is 2.27. The molecule has 34 heavy (non-hydrogen) atoms. The van der Waals surface area contributed by atoms with Gasteiger partial charge in [-0.3, -0.25) is 19.1 Å². The number of anilines is 2. The Morgan fingerprint density at radius 1 is 1.03 bits per heavy atom. The number of thioether (sulfide) groups is 1. The molecule has 0 aliphatic carbocycles. The lowest BCUT2D eigenvalue weighted by atomic mass is 10.1. The van der Waals surface area contributed by atoms with Gasteiger partial charge >= 0.3 is 0 Å². The molecule has 2 amide bonds. The maximum atomic E-state index is 13.6. The number of carbonyl (C=O) groups is 2. The lowest BCUT2D eigenvalue weighted by Crippen LogP contribution is -2.43. The molecule has 1 saturated heterocycles. The van der Waals surface area contributed by atoms with E-state index in [1.165, 1.54) is 35.2 Å². The van der Waals surface area contributed by atoms with Crippen molar-refractivity contribution in [3.63, 3.8) is 0 Å². The van der Waals surface area contributed by atoms with Crippen LogP contribution < -0.4 is 10.2 Å². The molecule has 2 aliphatic rings. The number of benzene rings is 2. The van der Waals surface area contributed by atoms with Gasteiger partial charge in [0, 0.05) is 5.69 Å². The largest absolute Gasteiger partial charge is 0.323 e. The summed E-state index contributed by atoms with van der Waals surface area (Å²) in [5.41, 5.74) is 2.05. The first-order chi connectivity index (χ1) is 16.6. The zero-order valence-corrected chi connectivity index (χ0v) is 19.4. The molecule has 176 valence electrons. The van der Waals surface area contributed by atoms with Gasteiger partial charge in [-0.2, -0.15) is 0 Å². The van der Waals surface area contributed by atoms with Gasteiger partial charge in [0.25, 0.3) is 0 Å². The minimum Gasteiger partial charge on any atom is -0.323 e. The van der Waals surface area contributed by atoms with Crippen LogP contribution in [0.3, 0.4) is 0 Å². The number of aromatic nitrogens is 3. The Bertz CT molecular complexity index is 1190. The number of nitrogens with zero attached hydrogens (tertiary/aromatic N) is 5. The molecule has 2 aliphatic heterocycles. The summed E-state index contributed by atoms with van der Waals surface area (Å²) in [6, 6.07) is 13.4. The first-order valence-electron chi connectivity index (χ1n) is 11.3. The average molecular weight is 481 g/mol. The van der Waals surface area contributed by atoms with E-state index in [0.29, 0.717) is 23.1 Å². The number of fused-ring (bicyclic) bond motifs is 1. The van der Waals surface area contributed by atoms with Gasteiger partial charge in [-0.25, -0.2) is 4.39 Å². The summed E-state index contributed by atoms with van der Waals surface area (Å²) in [7, 11) is 0. The summed E-state index contributed by atoms with van der Waals surface area (Å²) in [6.07, 6.45) is 3.55. The highest BCUT2D eigenvalue weighted by Crippen LogP contribution is 2.30. The van der Waals surface area contributed by atoms with Crippen molar-refractivity contribution in [2.45, 2.75) is 31.0 Å². The van der Waals surface area contributed by atoms with Crippen molar-refractivity contribution in [2.24, 2.45) is 0 Å². The number of rotatable bonds is 6. The van der Waals surface area contributed by atoms with Crippen LogP contribution in [0.2, 0.25) is 0 Å². The number of para-hydroxylation sites is 2. The number of hydrogen-bond donors (Lipinski definition) is 1. The molecule has 5 rings (SSSR count). The van der Waals surface area contributed by atoms with Crippen LogP contribution in [0.4, 0.5) is 15.8 Å². The third kappa shape index (κ3) is 4.83. The second kappa shape index (κ2) is 9.94. The van der Waals surface area contributed by atoms with Gasteiger partial charge in [0.2, 0.25) is 11.8 Å². The number of nitrogens with one attached hydrogen (secondary N) is 1. The summed E-state index contributed by atoms with van der Waals surface area (Å²) < 4.78 is 15.5. The monoisotopic (exact) mass is 480 g/mol. The summed E-state index contributed by atoms with van der Waals surface area (Å²) >= 11 is 1.26. The zero-order chi connectivity index (χ0) is 23.5. The molecule has 0 atom stereocenters. The van der Waals surface area contributed by atoms with E-state index >= 15 is 0 Å². The first-order valence-corrected chi connectivity index (χ1v) is 12.3. The van der Waals surface area contributed by atoms with E-state index in [1.54, 1.807) is 18.2 Å². The Morgan fingerprint density at radius 2 is 1.79 bits per heavy atom. The smallest absolute Gasteiger partial charge is 0.244 e. The standard InChI is InChI=1S/C24H25FN6O2S/c25-17-8-10-18(11-9-17)31-21(14-29-12-4-1-5-13-29)27-28-24(31)34-16-23(33)30-15-22(32)26-19-6-2-3-7-20(19)30/h2-3,6-11H,1,4-5,12-16H2,(H,26,32). The van der Waals surface area contributed by atoms with Crippen LogP contribution in [0.25, 0.3) is 5.69 Å². The number of piperidine rings is 1. The normalized spacial score (nSPS) is 16.3. The minimum atomic E-state index is -0.319. The Balaban J connectivity index is 1.37. The van der Waals surface area contributed by atoms with Gasteiger partial charge < -0.3 is 10.2 Å². The van der Waals surface area contributed by atoms with Crippen LogP contribution in [-0.4, -0.2) is 56.9 Å². The molecule has 0 bridgehead atoms. The van der Waals surface area contributed by atoms with Crippen LogP contribution in [0.1, 0.15) is 25.1 Å². The van der Waals surface area contributed by atoms with Crippen LogP contribution in [0.15, 0.2) is 53.7 Å². The number of halogens is 1. The maximum absolute atomic E-state index is 13.6. The quantitative estimate of drug-likeness (QED) is 0.544. The number of carbonyl (C=O) groups excluding carboxylic acids is 2. The first kappa shape index (κ1) is 22.5. The predicted molar refractivity (Wildman–Crippen MR) is 129 cm³/mol. The second-order valence-electron chi connectivity index (χ2n) is 8.38. The molecule has 1 aromatic heterocycles. The lowest BCUT2D eigenvalue weighted by molar-refractivity contribution is -0.120. The van der Waals surface area contributed by atoms with E-state index in [1.807, 2.05) is 22.8 Å². The fraction of sp³-hybridized carbons (Fsp3) is 0.333. The van der Waals surface area contributed by atoms with E-state index in [9.17, 15) is 14.0 Å². The van der Waals surface area contributed by atoms with Crippen LogP contribution >= 0.6 is 11.8 Å². The van der Waals surface area contributed by atoms with Crippen molar-refractivity contribution in [1.29, 1.82) is 0 Å². The van der Waals surface area contributed by atoms with E-state index in [4.69, 9.17) is 0 Å². The van der Waals surface area contributed by atoms with Crippen LogP contribution in [-0.2, 0) is 16.1 Å². The molecule has 2 aromatic carbocycles. The topological polar surface area (TPSA) is 83.4 Å².